The Morgan fingerprint density at radius 3 is 2.94 bits per heavy atom. The molecule has 6 heteroatoms. The van der Waals surface area contributed by atoms with Gasteiger partial charge in [0.2, 0.25) is 5.89 Å². The van der Waals surface area contributed by atoms with Gasteiger partial charge in [0.1, 0.15) is 0 Å². The Labute approximate surface area is 93.7 Å². The molecule has 0 saturated heterocycles. The van der Waals surface area contributed by atoms with Crippen molar-refractivity contribution in [1.82, 2.24) is 25.2 Å². The number of rotatable bonds is 5. The molecule has 0 aromatic carbocycles. The molecule has 2 heterocycles. The SMILES string of the molecule is CCn1cc(CNCc2nc(C)no2)cn1. The van der Waals surface area contributed by atoms with Gasteiger partial charge in [-0.05, 0) is 13.8 Å². The second-order valence-corrected chi connectivity index (χ2v) is 3.54. The minimum Gasteiger partial charge on any atom is -0.338 e. The van der Waals surface area contributed by atoms with Crippen molar-refractivity contribution in [2.75, 3.05) is 0 Å². The van der Waals surface area contributed by atoms with Gasteiger partial charge in [-0.3, -0.25) is 4.68 Å². The van der Waals surface area contributed by atoms with E-state index in [0.717, 1.165) is 18.7 Å². The van der Waals surface area contributed by atoms with Crippen LogP contribution >= 0.6 is 0 Å². The van der Waals surface area contributed by atoms with Gasteiger partial charge in [-0.25, -0.2) is 0 Å². The molecule has 2 aromatic rings. The maximum Gasteiger partial charge on any atom is 0.240 e. The fourth-order valence-electron chi connectivity index (χ4n) is 1.40. The van der Waals surface area contributed by atoms with Crippen LogP contribution in [0.15, 0.2) is 16.9 Å². The van der Waals surface area contributed by atoms with E-state index in [4.69, 9.17) is 4.52 Å². The quantitative estimate of drug-likeness (QED) is 0.811. The Hall–Kier alpha value is -1.69. The molecule has 0 fully saturated rings. The number of hydrogen-bond acceptors (Lipinski definition) is 5. The lowest BCUT2D eigenvalue weighted by atomic mass is 10.3. The van der Waals surface area contributed by atoms with Crippen molar-refractivity contribution in [2.24, 2.45) is 0 Å². The number of nitrogens with zero attached hydrogens (tertiary/aromatic N) is 4. The van der Waals surface area contributed by atoms with Gasteiger partial charge in [0.15, 0.2) is 5.82 Å². The van der Waals surface area contributed by atoms with Crippen LogP contribution < -0.4 is 5.32 Å². The number of nitrogens with one attached hydrogen (secondary N) is 1. The van der Waals surface area contributed by atoms with E-state index in [1.54, 1.807) is 6.92 Å². The summed E-state index contributed by atoms with van der Waals surface area (Å²) in [4.78, 5) is 4.10. The van der Waals surface area contributed by atoms with Gasteiger partial charge in [-0.1, -0.05) is 5.16 Å². The highest BCUT2D eigenvalue weighted by atomic mass is 16.5. The van der Waals surface area contributed by atoms with Gasteiger partial charge >= 0.3 is 0 Å². The van der Waals surface area contributed by atoms with Crippen LogP contribution in [0.3, 0.4) is 0 Å². The molecule has 0 aliphatic rings. The van der Waals surface area contributed by atoms with Crippen LogP contribution in [0, 0.1) is 6.92 Å². The summed E-state index contributed by atoms with van der Waals surface area (Å²) in [6.45, 7) is 6.09. The largest absolute Gasteiger partial charge is 0.338 e. The Balaban J connectivity index is 1.79. The highest BCUT2D eigenvalue weighted by Gasteiger charge is 2.02. The van der Waals surface area contributed by atoms with Crippen molar-refractivity contribution in [3.8, 4) is 0 Å². The summed E-state index contributed by atoms with van der Waals surface area (Å²) in [6, 6.07) is 0. The molecule has 1 N–H and O–H groups in total. The zero-order chi connectivity index (χ0) is 11.4. The third-order valence-corrected chi connectivity index (χ3v) is 2.19. The monoisotopic (exact) mass is 221 g/mol. The van der Waals surface area contributed by atoms with Crippen molar-refractivity contribution in [3.05, 3.63) is 29.7 Å². The minimum atomic E-state index is 0.581. The maximum atomic E-state index is 4.98. The summed E-state index contributed by atoms with van der Waals surface area (Å²) in [5.74, 6) is 1.27. The van der Waals surface area contributed by atoms with Crippen LogP contribution in [0.2, 0.25) is 0 Å². The summed E-state index contributed by atoms with van der Waals surface area (Å²) in [6.07, 6.45) is 3.88. The summed E-state index contributed by atoms with van der Waals surface area (Å²) in [7, 11) is 0. The zero-order valence-electron chi connectivity index (χ0n) is 9.47. The lowest BCUT2D eigenvalue weighted by Gasteiger charge is -1.97. The molecule has 2 aromatic heterocycles. The number of hydrogen-bond donors (Lipinski definition) is 1. The molecule has 0 aliphatic carbocycles. The van der Waals surface area contributed by atoms with Gasteiger partial charge in [0.05, 0.1) is 12.7 Å². The van der Waals surface area contributed by atoms with E-state index >= 15 is 0 Å². The Morgan fingerprint density at radius 1 is 1.44 bits per heavy atom. The highest BCUT2D eigenvalue weighted by Crippen LogP contribution is 1.99. The molecule has 6 nitrogen and oxygen atoms in total. The maximum absolute atomic E-state index is 4.98. The third-order valence-electron chi connectivity index (χ3n) is 2.19. The van der Waals surface area contributed by atoms with Crippen molar-refractivity contribution < 1.29 is 4.52 Å². The zero-order valence-corrected chi connectivity index (χ0v) is 9.47. The van der Waals surface area contributed by atoms with Gasteiger partial charge in [0, 0.05) is 24.8 Å². The van der Waals surface area contributed by atoms with Crippen molar-refractivity contribution in [3.63, 3.8) is 0 Å². The average Bonchev–Trinajstić information content (AvgIpc) is 2.88. The average molecular weight is 221 g/mol. The van der Waals surface area contributed by atoms with Crippen LogP contribution in [0.5, 0.6) is 0 Å². The van der Waals surface area contributed by atoms with Crippen molar-refractivity contribution >= 4 is 0 Å². The van der Waals surface area contributed by atoms with E-state index < -0.39 is 0 Å². The molecule has 0 aliphatic heterocycles. The lowest BCUT2D eigenvalue weighted by Crippen LogP contribution is -2.12. The second-order valence-electron chi connectivity index (χ2n) is 3.54. The van der Waals surface area contributed by atoms with E-state index in [0.29, 0.717) is 18.3 Å². The Kier molecular flexibility index (Phi) is 3.31. The highest BCUT2D eigenvalue weighted by molar-refractivity contribution is 5.03. The van der Waals surface area contributed by atoms with E-state index in [-0.39, 0.29) is 0 Å². The van der Waals surface area contributed by atoms with Gasteiger partial charge in [0.25, 0.3) is 0 Å². The Morgan fingerprint density at radius 2 is 2.31 bits per heavy atom. The van der Waals surface area contributed by atoms with Crippen LogP contribution in [0.4, 0.5) is 0 Å². The van der Waals surface area contributed by atoms with Crippen LogP contribution in [0.1, 0.15) is 24.2 Å². The first-order valence-corrected chi connectivity index (χ1v) is 5.29. The molecular formula is C10H15N5O. The second kappa shape index (κ2) is 4.89. The van der Waals surface area contributed by atoms with E-state index in [1.807, 2.05) is 17.1 Å². The molecule has 0 saturated carbocycles. The first-order chi connectivity index (χ1) is 7.78. The molecule has 0 unspecified atom stereocenters. The first-order valence-electron chi connectivity index (χ1n) is 5.29. The summed E-state index contributed by atoms with van der Waals surface area (Å²) >= 11 is 0. The molecule has 0 bridgehead atoms. The standard InChI is InChI=1S/C10H15N5O/c1-3-15-7-9(5-12-15)4-11-6-10-13-8(2)14-16-10/h5,7,11H,3-4,6H2,1-2H3. The van der Waals surface area contributed by atoms with Crippen molar-refractivity contribution in [1.29, 1.82) is 0 Å². The third kappa shape index (κ3) is 2.66. The van der Waals surface area contributed by atoms with E-state index in [2.05, 4.69) is 27.5 Å². The number of aromatic nitrogens is 4. The molecule has 2 rings (SSSR count). The van der Waals surface area contributed by atoms with Crippen LogP contribution in [-0.4, -0.2) is 19.9 Å². The molecule has 16 heavy (non-hydrogen) atoms. The van der Waals surface area contributed by atoms with Crippen LogP contribution in [0.25, 0.3) is 0 Å². The smallest absolute Gasteiger partial charge is 0.240 e. The fourth-order valence-corrected chi connectivity index (χ4v) is 1.40. The van der Waals surface area contributed by atoms with Crippen molar-refractivity contribution in [2.45, 2.75) is 33.5 Å². The van der Waals surface area contributed by atoms with E-state index in [9.17, 15) is 0 Å². The molecule has 0 atom stereocenters. The molecule has 0 amide bonds. The van der Waals surface area contributed by atoms with Gasteiger partial charge < -0.3 is 9.84 Å². The van der Waals surface area contributed by atoms with Crippen LogP contribution in [-0.2, 0) is 19.6 Å². The Bertz CT molecular complexity index is 448. The first kappa shape index (κ1) is 10.8. The molecule has 86 valence electrons. The topological polar surface area (TPSA) is 68.8 Å². The number of aryl methyl sites for hydroxylation is 2. The minimum absolute atomic E-state index is 0.581. The summed E-state index contributed by atoms with van der Waals surface area (Å²) in [5.41, 5.74) is 1.15. The van der Waals surface area contributed by atoms with E-state index in [1.165, 1.54) is 0 Å². The molecule has 0 spiro atoms. The van der Waals surface area contributed by atoms with Gasteiger partial charge in [-0.2, -0.15) is 10.1 Å². The predicted octanol–water partition coefficient (Wildman–Crippen LogP) is 0.884. The lowest BCUT2D eigenvalue weighted by molar-refractivity contribution is 0.364. The fraction of sp³-hybridized carbons (Fsp3) is 0.500. The summed E-state index contributed by atoms with van der Waals surface area (Å²) < 4.78 is 6.88. The summed E-state index contributed by atoms with van der Waals surface area (Å²) in [5, 5.41) is 11.1. The van der Waals surface area contributed by atoms with Gasteiger partial charge in [-0.15, -0.1) is 0 Å². The predicted molar refractivity (Wildman–Crippen MR) is 57.5 cm³/mol. The molecular weight excluding hydrogens is 206 g/mol. The normalized spacial score (nSPS) is 10.9. The molecule has 0 radical (unpaired) electrons.